The third kappa shape index (κ3) is 4.53. The number of hydrogen-bond donors (Lipinski definition) is 2. The van der Waals surface area contributed by atoms with Crippen LogP contribution in [0.5, 0.6) is 0 Å². The summed E-state index contributed by atoms with van der Waals surface area (Å²) >= 11 is 0. The van der Waals surface area contributed by atoms with Crippen LogP contribution in [-0.2, 0) is 4.79 Å². The lowest BCUT2D eigenvalue weighted by atomic mass is 10.3. The zero-order valence-corrected chi connectivity index (χ0v) is 11.1. The first-order chi connectivity index (χ1) is 8.93. The average molecular weight is 266 g/mol. The van der Waals surface area contributed by atoms with Gasteiger partial charge in [0.05, 0.1) is 6.54 Å². The van der Waals surface area contributed by atoms with Gasteiger partial charge in [0.25, 0.3) is 0 Å². The number of nitrogens with zero attached hydrogens (tertiary/aromatic N) is 3. The Morgan fingerprint density at radius 3 is 2.63 bits per heavy atom. The fraction of sp³-hybridized carbons (Fsp3) is 0.500. The normalized spacial score (nSPS) is 10.2. The van der Waals surface area contributed by atoms with Crippen molar-refractivity contribution < 1.29 is 14.7 Å². The van der Waals surface area contributed by atoms with Crippen molar-refractivity contribution in [3.05, 3.63) is 17.5 Å². The van der Waals surface area contributed by atoms with Crippen LogP contribution in [0.25, 0.3) is 0 Å². The highest BCUT2D eigenvalue weighted by Gasteiger charge is 2.15. The van der Waals surface area contributed by atoms with Crippen LogP contribution in [0.3, 0.4) is 0 Å². The smallest absolute Gasteiger partial charge is 0.354 e. The van der Waals surface area contributed by atoms with Crippen LogP contribution < -0.4 is 10.6 Å². The van der Waals surface area contributed by atoms with Gasteiger partial charge in [-0.2, -0.15) is 0 Å². The van der Waals surface area contributed by atoms with Crippen LogP contribution in [0, 0.1) is 6.92 Å². The first kappa shape index (κ1) is 14.9. The second-order valence-corrected chi connectivity index (χ2v) is 4.24. The van der Waals surface area contributed by atoms with Crippen LogP contribution in [0.2, 0.25) is 0 Å². The minimum absolute atomic E-state index is 0.0253. The second-order valence-electron chi connectivity index (χ2n) is 4.24. The summed E-state index contributed by atoms with van der Waals surface area (Å²) in [5.41, 5.74) is 5.63. The SMILES string of the molecule is CCCCN(CC(N)=O)c1nc(C)cc(C(=O)O)n1. The van der Waals surface area contributed by atoms with Crippen molar-refractivity contribution in [3.8, 4) is 0 Å². The number of aryl methyl sites for hydroxylation is 1. The van der Waals surface area contributed by atoms with E-state index in [1.54, 1.807) is 11.8 Å². The number of carbonyl (C=O) groups excluding carboxylic acids is 1. The molecule has 7 heteroatoms. The number of carbonyl (C=O) groups is 2. The van der Waals surface area contributed by atoms with E-state index in [1.165, 1.54) is 6.07 Å². The largest absolute Gasteiger partial charge is 0.477 e. The Labute approximate surface area is 111 Å². The number of aromatic nitrogens is 2. The van der Waals surface area contributed by atoms with Gasteiger partial charge in [-0.25, -0.2) is 14.8 Å². The van der Waals surface area contributed by atoms with E-state index in [4.69, 9.17) is 10.8 Å². The van der Waals surface area contributed by atoms with Gasteiger partial charge in [0.1, 0.15) is 0 Å². The van der Waals surface area contributed by atoms with E-state index < -0.39 is 11.9 Å². The highest BCUT2D eigenvalue weighted by atomic mass is 16.4. The molecule has 0 spiro atoms. The summed E-state index contributed by atoms with van der Waals surface area (Å²) < 4.78 is 0. The van der Waals surface area contributed by atoms with Gasteiger partial charge in [0.2, 0.25) is 11.9 Å². The number of anilines is 1. The number of unbranched alkanes of at least 4 members (excludes halogenated alkanes) is 1. The molecular formula is C12H18N4O3. The van der Waals surface area contributed by atoms with Crippen LogP contribution in [0.15, 0.2) is 6.07 Å². The molecule has 0 atom stereocenters. The number of hydrogen-bond acceptors (Lipinski definition) is 5. The van der Waals surface area contributed by atoms with Gasteiger partial charge >= 0.3 is 5.97 Å². The molecule has 104 valence electrons. The standard InChI is InChI=1S/C12H18N4O3/c1-3-4-5-16(7-10(13)17)12-14-8(2)6-9(15-12)11(18)19/h6H,3-5,7H2,1-2H3,(H2,13,17)(H,18,19). The van der Waals surface area contributed by atoms with Crippen LogP contribution in [-0.4, -0.2) is 40.0 Å². The molecule has 0 aromatic carbocycles. The van der Waals surface area contributed by atoms with Crippen molar-refractivity contribution in [2.24, 2.45) is 5.73 Å². The monoisotopic (exact) mass is 266 g/mol. The maximum Gasteiger partial charge on any atom is 0.354 e. The van der Waals surface area contributed by atoms with E-state index >= 15 is 0 Å². The maximum atomic E-state index is 11.1. The summed E-state index contributed by atoms with van der Waals surface area (Å²) in [5.74, 6) is -1.40. The average Bonchev–Trinajstić information content (AvgIpc) is 2.33. The summed E-state index contributed by atoms with van der Waals surface area (Å²) in [6.45, 7) is 4.23. The Bertz CT molecular complexity index is 476. The van der Waals surface area contributed by atoms with Crippen molar-refractivity contribution in [2.45, 2.75) is 26.7 Å². The molecule has 0 aliphatic heterocycles. The Balaban J connectivity index is 3.05. The van der Waals surface area contributed by atoms with Gasteiger partial charge in [-0.05, 0) is 19.4 Å². The Morgan fingerprint density at radius 2 is 2.11 bits per heavy atom. The molecular weight excluding hydrogens is 248 g/mol. The molecule has 1 rings (SSSR count). The van der Waals surface area contributed by atoms with Crippen LogP contribution >= 0.6 is 0 Å². The van der Waals surface area contributed by atoms with Crippen LogP contribution in [0.4, 0.5) is 5.95 Å². The van der Waals surface area contributed by atoms with Crippen molar-refractivity contribution in [2.75, 3.05) is 18.0 Å². The molecule has 1 aromatic heterocycles. The lowest BCUT2D eigenvalue weighted by molar-refractivity contribution is -0.116. The number of primary amides is 1. The number of amides is 1. The number of nitrogens with two attached hydrogens (primary N) is 1. The van der Waals surface area contributed by atoms with Crippen molar-refractivity contribution in [1.29, 1.82) is 0 Å². The fourth-order valence-corrected chi connectivity index (χ4v) is 1.59. The van der Waals surface area contributed by atoms with E-state index in [-0.39, 0.29) is 18.2 Å². The third-order valence-electron chi connectivity index (χ3n) is 2.47. The highest BCUT2D eigenvalue weighted by Crippen LogP contribution is 2.11. The second kappa shape index (κ2) is 6.67. The Hall–Kier alpha value is -2.18. The molecule has 0 fully saturated rings. The molecule has 0 saturated heterocycles. The van der Waals surface area contributed by atoms with Gasteiger partial charge in [0, 0.05) is 12.2 Å². The molecule has 3 N–H and O–H groups in total. The first-order valence-electron chi connectivity index (χ1n) is 6.06. The van der Waals surface area contributed by atoms with E-state index in [2.05, 4.69) is 9.97 Å². The topological polar surface area (TPSA) is 109 Å². The molecule has 7 nitrogen and oxygen atoms in total. The molecule has 0 bridgehead atoms. The number of carboxylic acids is 1. The lowest BCUT2D eigenvalue weighted by Gasteiger charge is -2.21. The third-order valence-corrected chi connectivity index (χ3v) is 2.47. The van der Waals surface area contributed by atoms with Crippen molar-refractivity contribution in [1.82, 2.24) is 9.97 Å². The highest BCUT2D eigenvalue weighted by molar-refractivity contribution is 5.86. The van der Waals surface area contributed by atoms with Crippen molar-refractivity contribution >= 4 is 17.8 Å². The quantitative estimate of drug-likeness (QED) is 0.746. The Kier molecular flexibility index (Phi) is 5.23. The molecule has 0 saturated carbocycles. The van der Waals surface area contributed by atoms with Gasteiger partial charge in [0.15, 0.2) is 5.69 Å². The summed E-state index contributed by atoms with van der Waals surface area (Å²) in [6, 6.07) is 1.38. The predicted molar refractivity (Wildman–Crippen MR) is 70.0 cm³/mol. The van der Waals surface area contributed by atoms with E-state index in [0.717, 1.165) is 12.8 Å². The van der Waals surface area contributed by atoms with Gasteiger partial charge in [-0.1, -0.05) is 13.3 Å². The van der Waals surface area contributed by atoms with Crippen molar-refractivity contribution in [3.63, 3.8) is 0 Å². The first-order valence-corrected chi connectivity index (χ1v) is 6.06. The molecule has 0 radical (unpaired) electrons. The molecule has 0 aliphatic carbocycles. The fourth-order valence-electron chi connectivity index (χ4n) is 1.59. The summed E-state index contributed by atoms with van der Waals surface area (Å²) in [5, 5.41) is 8.97. The zero-order valence-electron chi connectivity index (χ0n) is 11.1. The van der Waals surface area contributed by atoms with E-state index in [1.807, 2.05) is 6.92 Å². The number of aromatic carboxylic acids is 1. The number of carboxylic acid groups (broad SMARTS) is 1. The van der Waals surface area contributed by atoms with Gasteiger partial charge in [-0.3, -0.25) is 4.79 Å². The molecule has 19 heavy (non-hydrogen) atoms. The minimum Gasteiger partial charge on any atom is -0.477 e. The molecule has 0 aliphatic rings. The Morgan fingerprint density at radius 1 is 1.42 bits per heavy atom. The minimum atomic E-state index is -1.12. The summed E-state index contributed by atoms with van der Waals surface area (Å²) in [7, 11) is 0. The molecule has 0 unspecified atom stereocenters. The summed E-state index contributed by atoms with van der Waals surface area (Å²) in [6.07, 6.45) is 1.78. The molecule has 1 aromatic rings. The summed E-state index contributed by atoms with van der Waals surface area (Å²) in [4.78, 5) is 31.7. The zero-order chi connectivity index (χ0) is 14.4. The molecule has 1 amide bonds. The number of rotatable bonds is 7. The predicted octanol–water partition coefficient (Wildman–Crippen LogP) is 0.575. The van der Waals surface area contributed by atoms with E-state index in [9.17, 15) is 9.59 Å². The van der Waals surface area contributed by atoms with Gasteiger partial charge in [-0.15, -0.1) is 0 Å². The lowest BCUT2D eigenvalue weighted by Crippen LogP contribution is -2.36. The van der Waals surface area contributed by atoms with E-state index in [0.29, 0.717) is 12.2 Å². The van der Waals surface area contributed by atoms with Gasteiger partial charge < -0.3 is 15.7 Å². The molecule has 1 heterocycles. The maximum absolute atomic E-state index is 11.1. The van der Waals surface area contributed by atoms with Crippen LogP contribution in [0.1, 0.15) is 35.9 Å².